The maximum atomic E-state index is 12.0. The molecule has 1 atom stereocenters. The van der Waals surface area contributed by atoms with Gasteiger partial charge in [0.2, 0.25) is 5.91 Å². The number of halogens is 1. The van der Waals surface area contributed by atoms with Gasteiger partial charge >= 0.3 is 12.1 Å². The number of nitrogens with two attached hydrogens (primary N) is 1. The Hall–Kier alpha value is -2.28. The van der Waals surface area contributed by atoms with Crippen molar-refractivity contribution in [3.63, 3.8) is 0 Å². The van der Waals surface area contributed by atoms with Gasteiger partial charge in [0.25, 0.3) is 0 Å². The molecule has 0 saturated heterocycles. The second kappa shape index (κ2) is 9.27. The zero-order valence-corrected chi connectivity index (χ0v) is 15.3. The number of carbonyl (C=O) groups excluding carboxylic acids is 3. The second-order valence-electron chi connectivity index (χ2n) is 6.42. The summed E-state index contributed by atoms with van der Waals surface area (Å²) < 4.78 is 10.2. The predicted octanol–water partition coefficient (Wildman–Crippen LogP) is 2.19. The number of primary amides is 1. The zero-order chi connectivity index (χ0) is 19.0. The van der Waals surface area contributed by atoms with Crippen LogP contribution in [-0.4, -0.2) is 36.2 Å². The average molecular weight is 371 g/mol. The van der Waals surface area contributed by atoms with Crippen LogP contribution in [0, 0.1) is 0 Å². The monoisotopic (exact) mass is 370 g/mol. The molecule has 0 aliphatic carbocycles. The number of alkyl carbamates (subject to hydrolysis) is 1. The van der Waals surface area contributed by atoms with Crippen molar-refractivity contribution in [2.45, 2.75) is 45.3 Å². The molecule has 0 bridgehead atoms. The van der Waals surface area contributed by atoms with Gasteiger partial charge in [-0.15, -0.1) is 0 Å². The average Bonchev–Trinajstić information content (AvgIpc) is 2.44. The third-order valence-corrected chi connectivity index (χ3v) is 3.14. The lowest BCUT2D eigenvalue weighted by Gasteiger charge is -2.23. The minimum Gasteiger partial charge on any atom is -0.458 e. The lowest BCUT2D eigenvalue weighted by molar-refractivity contribution is -0.158. The summed E-state index contributed by atoms with van der Waals surface area (Å²) in [6.45, 7) is 5.12. The van der Waals surface area contributed by atoms with E-state index < -0.39 is 29.6 Å². The van der Waals surface area contributed by atoms with Crippen LogP contribution in [0.25, 0.3) is 0 Å². The lowest BCUT2D eigenvalue weighted by atomic mass is 10.1. The number of hydrogen-bond acceptors (Lipinski definition) is 5. The minimum absolute atomic E-state index is 0.0871. The summed E-state index contributed by atoms with van der Waals surface area (Å²) in [5, 5.41) is 2.90. The normalized spacial score (nSPS) is 12.2. The molecule has 1 rings (SSSR count). The number of hydrogen-bond donors (Lipinski definition) is 2. The van der Waals surface area contributed by atoms with Crippen LogP contribution < -0.4 is 11.1 Å². The fourth-order valence-electron chi connectivity index (χ4n) is 1.91. The molecule has 8 heteroatoms. The third-order valence-electron chi connectivity index (χ3n) is 2.90. The van der Waals surface area contributed by atoms with Crippen LogP contribution in [0.1, 0.15) is 32.8 Å². The number of carbonyl (C=O) groups is 3. The summed E-state index contributed by atoms with van der Waals surface area (Å²) >= 11 is 5.88. The van der Waals surface area contributed by atoms with Gasteiger partial charge in [0, 0.05) is 11.4 Å². The highest BCUT2D eigenvalue weighted by molar-refractivity contribution is 6.30. The van der Waals surface area contributed by atoms with E-state index in [0.717, 1.165) is 5.56 Å². The molecule has 0 aromatic heterocycles. The number of nitrogens with one attached hydrogen (secondary N) is 1. The molecule has 25 heavy (non-hydrogen) atoms. The molecule has 1 unspecified atom stereocenters. The van der Waals surface area contributed by atoms with Gasteiger partial charge in [-0.05, 0) is 38.5 Å². The van der Waals surface area contributed by atoms with Crippen molar-refractivity contribution in [3.05, 3.63) is 34.9 Å². The van der Waals surface area contributed by atoms with E-state index in [-0.39, 0.29) is 13.0 Å². The highest BCUT2D eigenvalue weighted by Gasteiger charge is 2.28. The first kappa shape index (κ1) is 20.8. The van der Waals surface area contributed by atoms with Crippen LogP contribution >= 0.6 is 11.6 Å². The molecule has 3 N–H and O–H groups in total. The quantitative estimate of drug-likeness (QED) is 0.715. The molecule has 0 aliphatic rings. The highest BCUT2D eigenvalue weighted by atomic mass is 35.5. The van der Waals surface area contributed by atoms with Crippen LogP contribution in [0.4, 0.5) is 4.79 Å². The predicted molar refractivity (Wildman–Crippen MR) is 93.1 cm³/mol. The van der Waals surface area contributed by atoms with Crippen molar-refractivity contribution in [2.24, 2.45) is 5.73 Å². The fraction of sp³-hybridized carbons (Fsp3) is 0.471. The van der Waals surface area contributed by atoms with Crippen molar-refractivity contribution in [2.75, 3.05) is 6.61 Å². The Bertz CT molecular complexity index is 628. The maximum Gasteiger partial charge on any atom is 0.407 e. The van der Waals surface area contributed by atoms with Crippen molar-refractivity contribution in [3.8, 4) is 0 Å². The summed E-state index contributed by atoms with van der Waals surface area (Å²) in [5.74, 6) is -1.49. The molecule has 1 aromatic rings. The molecule has 7 nitrogen and oxygen atoms in total. The molecule has 1 aromatic carbocycles. The Morgan fingerprint density at radius 1 is 1.28 bits per heavy atom. The second-order valence-corrected chi connectivity index (χ2v) is 6.85. The van der Waals surface area contributed by atoms with Gasteiger partial charge in [-0.25, -0.2) is 9.59 Å². The Kier molecular flexibility index (Phi) is 7.70. The number of benzene rings is 1. The molecule has 2 amide bonds. The van der Waals surface area contributed by atoms with Crippen molar-refractivity contribution >= 4 is 29.6 Å². The van der Waals surface area contributed by atoms with E-state index in [1.807, 2.05) is 6.07 Å². The van der Waals surface area contributed by atoms with Gasteiger partial charge in [0.05, 0.1) is 13.0 Å². The topological polar surface area (TPSA) is 108 Å². The van der Waals surface area contributed by atoms with Gasteiger partial charge in [-0.1, -0.05) is 23.7 Å². The Balaban J connectivity index is 2.53. The van der Waals surface area contributed by atoms with Gasteiger partial charge in [-0.2, -0.15) is 0 Å². The van der Waals surface area contributed by atoms with Gasteiger partial charge in [0.15, 0.2) is 0 Å². The van der Waals surface area contributed by atoms with Crippen LogP contribution in [0.5, 0.6) is 0 Å². The summed E-state index contributed by atoms with van der Waals surface area (Å²) in [6.07, 6.45) is -0.752. The highest BCUT2D eigenvalue weighted by Crippen LogP contribution is 2.12. The molecule has 0 heterocycles. The smallest absolute Gasteiger partial charge is 0.407 e. The van der Waals surface area contributed by atoms with Crippen LogP contribution in [0.3, 0.4) is 0 Å². The van der Waals surface area contributed by atoms with Crippen LogP contribution in [0.2, 0.25) is 5.02 Å². The zero-order valence-electron chi connectivity index (χ0n) is 14.5. The summed E-state index contributed by atoms with van der Waals surface area (Å²) in [4.78, 5) is 35.0. The third kappa shape index (κ3) is 8.95. The minimum atomic E-state index is -1.20. The Morgan fingerprint density at radius 2 is 1.96 bits per heavy atom. The number of ether oxygens (including phenoxy) is 2. The molecular weight excluding hydrogens is 348 g/mol. The first-order chi connectivity index (χ1) is 11.6. The van der Waals surface area contributed by atoms with E-state index in [0.29, 0.717) is 11.4 Å². The van der Waals surface area contributed by atoms with Gasteiger partial charge in [-0.3, -0.25) is 4.79 Å². The molecule has 0 radical (unpaired) electrons. The Morgan fingerprint density at radius 3 is 2.52 bits per heavy atom. The summed E-state index contributed by atoms with van der Waals surface area (Å²) in [6, 6.07) is 5.95. The van der Waals surface area contributed by atoms with Crippen molar-refractivity contribution in [1.29, 1.82) is 0 Å². The van der Waals surface area contributed by atoms with Crippen molar-refractivity contribution < 1.29 is 23.9 Å². The van der Waals surface area contributed by atoms with Gasteiger partial charge in [0.1, 0.15) is 11.6 Å². The van der Waals surface area contributed by atoms with Crippen LogP contribution in [0.15, 0.2) is 24.3 Å². The molecule has 0 spiro atoms. The molecule has 0 fully saturated rings. The SMILES string of the molecule is CC(C)(C)OC(=O)C(CC(N)=O)NC(=O)OCCc1cccc(Cl)c1. The van der Waals surface area contributed by atoms with Crippen LogP contribution in [-0.2, 0) is 25.5 Å². The van der Waals surface area contributed by atoms with E-state index in [2.05, 4.69) is 5.32 Å². The largest absolute Gasteiger partial charge is 0.458 e. The molecule has 0 saturated carbocycles. The number of rotatable bonds is 7. The number of esters is 1. The van der Waals surface area contributed by atoms with E-state index in [1.54, 1.807) is 39.0 Å². The van der Waals surface area contributed by atoms with E-state index in [4.69, 9.17) is 26.8 Å². The standard InChI is InChI=1S/C17H23ClN2O5/c1-17(2,3)25-15(22)13(10-14(19)21)20-16(23)24-8-7-11-5-4-6-12(18)9-11/h4-6,9,13H,7-8,10H2,1-3H3,(H2,19,21)(H,20,23). The first-order valence-corrected chi connectivity index (χ1v) is 8.13. The van der Waals surface area contributed by atoms with E-state index in [9.17, 15) is 14.4 Å². The van der Waals surface area contributed by atoms with Crippen molar-refractivity contribution in [1.82, 2.24) is 5.32 Å². The first-order valence-electron chi connectivity index (χ1n) is 7.76. The molecule has 0 aliphatic heterocycles. The van der Waals surface area contributed by atoms with Gasteiger partial charge < -0.3 is 20.5 Å². The van der Waals surface area contributed by atoms with E-state index >= 15 is 0 Å². The lowest BCUT2D eigenvalue weighted by Crippen LogP contribution is -2.46. The fourth-order valence-corrected chi connectivity index (χ4v) is 2.12. The number of amides is 2. The summed E-state index contributed by atoms with van der Waals surface area (Å²) in [5.41, 5.74) is 5.25. The Labute approximate surface area is 151 Å². The molecular formula is C17H23ClN2O5. The summed E-state index contributed by atoms with van der Waals surface area (Å²) in [7, 11) is 0. The maximum absolute atomic E-state index is 12.0. The molecule has 138 valence electrons. The van der Waals surface area contributed by atoms with E-state index in [1.165, 1.54) is 0 Å².